The minimum atomic E-state index is 0. The van der Waals surface area contributed by atoms with Gasteiger partial charge in [-0.25, -0.2) is 0 Å². The van der Waals surface area contributed by atoms with Gasteiger partial charge < -0.3 is 10.2 Å². The van der Waals surface area contributed by atoms with E-state index < -0.39 is 0 Å². The minimum Gasteiger partial charge on any atom is -0.331 e. The first-order chi connectivity index (χ1) is 13.2. The number of carbonyl (C=O) groups is 1. The van der Waals surface area contributed by atoms with Crippen LogP contribution in [0.1, 0.15) is 48.4 Å². The number of fused-ring (bicyclic) bond motifs is 1. The van der Waals surface area contributed by atoms with Gasteiger partial charge in [0.1, 0.15) is 0 Å². The number of hydrogen-bond donors (Lipinski definition) is 1. The molecule has 1 fully saturated rings. The number of amides is 1. The van der Waals surface area contributed by atoms with Gasteiger partial charge in [0.2, 0.25) is 5.91 Å². The van der Waals surface area contributed by atoms with E-state index in [9.17, 15) is 4.79 Å². The summed E-state index contributed by atoms with van der Waals surface area (Å²) in [7, 11) is 0. The number of hydrogen-bond acceptors (Lipinski definition) is 2. The number of nitrogens with zero attached hydrogens (tertiary/aromatic N) is 1. The fourth-order valence-corrected chi connectivity index (χ4v) is 4.62. The average molecular weight is 419 g/mol. The SMILES string of the molecule is Cl.O=C(CCC1CCNCC1)N1Cc2cc(Cl)ccc2CC1c1ccccc1. The van der Waals surface area contributed by atoms with Gasteiger partial charge in [-0.05, 0) is 73.5 Å². The van der Waals surface area contributed by atoms with Gasteiger partial charge in [0.25, 0.3) is 0 Å². The van der Waals surface area contributed by atoms with E-state index in [1.54, 1.807) is 0 Å². The van der Waals surface area contributed by atoms with Crippen LogP contribution in [0.4, 0.5) is 0 Å². The predicted octanol–water partition coefficient (Wildman–Crippen LogP) is 5.17. The highest BCUT2D eigenvalue weighted by Gasteiger charge is 2.31. The van der Waals surface area contributed by atoms with E-state index in [0.29, 0.717) is 18.9 Å². The molecule has 2 aliphatic rings. The summed E-state index contributed by atoms with van der Waals surface area (Å²) in [6, 6.07) is 16.6. The van der Waals surface area contributed by atoms with Crippen molar-refractivity contribution < 1.29 is 4.79 Å². The van der Waals surface area contributed by atoms with Crippen LogP contribution in [-0.4, -0.2) is 23.9 Å². The van der Waals surface area contributed by atoms with E-state index in [4.69, 9.17) is 11.6 Å². The molecule has 3 nitrogen and oxygen atoms in total. The molecule has 1 atom stereocenters. The smallest absolute Gasteiger partial charge is 0.223 e. The van der Waals surface area contributed by atoms with Crippen LogP contribution in [0.25, 0.3) is 0 Å². The third kappa shape index (κ3) is 4.89. The molecule has 2 aliphatic heterocycles. The number of rotatable bonds is 4. The molecule has 2 aromatic carbocycles. The van der Waals surface area contributed by atoms with E-state index in [1.165, 1.54) is 29.5 Å². The van der Waals surface area contributed by atoms with Crippen LogP contribution in [0, 0.1) is 5.92 Å². The Morgan fingerprint density at radius 1 is 1.07 bits per heavy atom. The van der Waals surface area contributed by atoms with Crippen LogP contribution >= 0.6 is 24.0 Å². The Labute approximate surface area is 178 Å². The average Bonchev–Trinajstić information content (AvgIpc) is 2.72. The maximum atomic E-state index is 13.2. The van der Waals surface area contributed by atoms with Gasteiger partial charge in [0.05, 0.1) is 6.04 Å². The second-order valence-electron chi connectivity index (χ2n) is 7.80. The third-order valence-corrected chi connectivity index (χ3v) is 6.26. The molecule has 4 rings (SSSR count). The van der Waals surface area contributed by atoms with E-state index >= 15 is 0 Å². The van der Waals surface area contributed by atoms with E-state index in [0.717, 1.165) is 31.0 Å². The fourth-order valence-electron chi connectivity index (χ4n) is 4.43. The van der Waals surface area contributed by atoms with Crippen LogP contribution in [-0.2, 0) is 17.8 Å². The Morgan fingerprint density at radius 2 is 1.82 bits per heavy atom. The molecule has 0 aromatic heterocycles. The Balaban J connectivity index is 0.00000225. The lowest BCUT2D eigenvalue weighted by Gasteiger charge is -2.38. The maximum Gasteiger partial charge on any atom is 0.223 e. The first kappa shape index (κ1) is 21.2. The largest absolute Gasteiger partial charge is 0.331 e. The van der Waals surface area contributed by atoms with Crippen molar-refractivity contribution in [2.75, 3.05) is 13.1 Å². The Hall–Kier alpha value is -1.55. The van der Waals surface area contributed by atoms with Gasteiger partial charge in [-0.2, -0.15) is 0 Å². The van der Waals surface area contributed by atoms with Crippen molar-refractivity contribution in [1.82, 2.24) is 10.2 Å². The number of benzene rings is 2. The Bertz CT molecular complexity index is 790. The van der Waals surface area contributed by atoms with Crippen LogP contribution in [0.5, 0.6) is 0 Å². The normalized spacial score (nSPS) is 19.6. The van der Waals surface area contributed by atoms with Crippen LogP contribution in [0.2, 0.25) is 5.02 Å². The monoisotopic (exact) mass is 418 g/mol. The van der Waals surface area contributed by atoms with E-state index in [1.807, 2.05) is 18.2 Å². The zero-order valence-electron chi connectivity index (χ0n) is 16.1. The molecule has 28 heavy (non-hydrogen) atoms. The summed E-state index contributed by atoms with van der Waals surface area (Å²) in [4.78, 5) is 15.3. The molecule has 0 radical (unpaired) electrons. The van der Waals surface area contributed by atoms with E-state index in [2.05, 4.69) is 40.5 Å². The second-order valence-corrected chi connectivity index (χ2v) is 8.23. The zero-order valence-corrected chi connectivity index (χ0v) is 17.6. The van der Waals surface area contributed by atoms with Crippen molar-refractivity contribution >= 4 is 29.9 Å². The summed E-state index contributed by atoms with van der Waals surface area (Å²) in [6.07, 6.45) is 4.88. The highest BCUT2D eigenvalue weighted by molar-refractivity contribution is 6.30. The van der Waals surface area contributed by atoms with Crippen LogP contribution < -0.4 is 5.32 Å². The molecule has 1 amide bonds. The van der Waals surface area contributed by atoms with Gasteiger partial charge in [-0.15, -0.1) is 12.4 Å². The number of piperidine rings is 1. The molecule has 1 N–H and O–H groups in total. The molecule has 1 unspecified atom stereocenters. The van der Waals surface area contributed by atoms with Crippen molar-refractivity contribution in [3.05, 3.63) is 70.2 Å². The summed E-state index contributed by atoms with van der Waals surface area (Å²) in [5.74, 6) is 0.949. The van der Waals surface area contributed by atoms with E-state index in [-0.39, 0.29) is 24.4 Å². The predicted molar refractivity (Wildman–Crippen MR) is 117 cm³/mol. The first-order valence-electron chi connectivity index (χ1n) is 10.0. The van der Waals surface area contributed by atoms with Crippen molar-refractivity contribution in [2.45, 2.75) is 44.7 Å². The second kappa shape index (κ2) is 9.78. The molecule has 1 saturated heterocycles. The highest BCUT2D eigenvalue weighted by atomic mass is 35.5. The summed E-state index contributed by atoms with van der Waals surface area (Å²) < 4.78 is 0. The molecular weight excluding hydrogens is 391 g/mol. The lowest BCUT2D eigenvalue weighted by molar-refractivity contribution is -0.135. The van der Waals surface area contributed by atoms with Crippen molar-refractivity contribution in [3.8, 4) is 0 Å². The van der Waals surface area contributed by atoms with Crippen LogP contribution in [0.3, 0.4) is 0 Å². The van der Waals surface area contributed by atoms with Gasteiger partial charge in [-0.1, -0.05) is 48.0 Å². The summed E-state index contributed by atoms with van der Waals surface area (Å²) >= 11 is 6.21. The number of halogens is 2. The van der Waals surface area contributed by atoms with Gasteiger partial charge in [0.15, 0.2) is 0 Å². The number of nitrogens with one attached hydrogen (secondary N) is 1. The topological polar surface area (TPSA) is 32.3 Å². The Kier molecular flexibility index (Phi) is 7.39. The zero-order chi connectivity index (χ0) is 18.6. The molecule has 0 spiro atoms. The Morgan fingerprint density at radius 3 is 2.57 bits per heavy atom. The maximum absolute atomic E-state index is 13.2. The highest BCUT2D eigenvalue weighted by Crippen LogP contribution is 2.35. The standard InChI is InChI=1S/C23H27ClN2O.ClH/c24-21-8-7-19-15-22(18-4-2-1-3-5-18)26(16-20(19)14-21)23(27)9-6-17-10-12-25-13-11-17;/h1-5,7-8,14,17,22,25H,6,9-13,15-16H2;1H. The third-order valence-electron chi connectivity index (χ3n) is 6.03. The summed E-state index contributed by atoms with van der Waals surface area (Å²) in [6.45, 7) is 2.82. The molecule has 0 saturated carbocycles. The molecular formula is C23H28Cl2N2O. The van der Waals surface area contributed by atoms with Crippen LogP contribution in [0.15, 0.2) is 48.5 Å². The molecule has 2 aromatic rings. The number of carbonyl (C=O) groups excluding carboxylic acids is 1. The lowest BCUT2D eigenvalue weighted by atomic mass is 9.88. The molecule has 2 heterocycles. The lowest BCUT2D eigenvalue weighted by Crippen LogP contribution is -2.39. The molecule has 0 aliphatic carbocycles. The van der Waals surface area contributed by atoms with Crippen molar-refractivity contribution in [1.29, 1.82) is 0 Å². The summed E-state index contributed by atoms with van der Waals surface area (Å²) in [5, 5.41) is 4.15. The van der Waals surface area contributed by atoms with Gasteiger partial charge in [0, 0.05) is 18.0 Å². The molecule has 150 valence electrons. The fraction of sp³-hybridized carbons (Fsp3) is 0.435. The molecule has 0 bridgehead atoms. The van der Waals surface area contributed by atoms with Gasteiger partial charge >= 0.3 is 0 Å². The summed E-state index contributed by atoms with van der Waals surface area (Å²) in [5.41, 5.74) is 3.70. The van der Waals surface area contributed by atoms with Crippen molar-refractivity contribution in [2.24, 2.45) is 5.92 Å². The van der Waals surface area contributed by atoms with Gasteiger partial charge in [-0.3, -0.25) is 4.79 Å². The minimum absolute atomic E-state index is 0. The quantitative estimate of drug-likeness (QED) is 0.742. The van der Waals surface area contributed by atoms with Crippen molar-refractivity contribution in [3.63, 3.8) is 0 Å². The first-order valence-corrected chi connectivity index (χ1v) is 10.4. The molecule has 5 heteroatoms.